The van der Waals surface area contributed by atoms with E-state index in [9.17, 15) is 9.50 Å². The largest absolute Gasteiger partial charge is 0.382 e. The summed E-state index contributed by atoms with van der Waals surface area (Å²) in [5.74, 6) is 6.29. The van der Waals surface area contributed by atoms with Gasteiger partial charge >= 0.3 is 0 Å². The third kappa shape index (κ3) is 4.67. The van der Waals surface area contributed by atoms with Gasteiger partial charge in [0.15, 0.2) is 5.82 Å². The number of hydrogen-bond donors (Lipinski definition) is 2. The number of thioether (sulfide) groups is 1. The van der Waals surface area contributed by atoms with Crippen molar-refractivity contribution in [1.82, 2.24) is 29.6 Å². The standard InChI is InChI=1S/C19H16Cl2FN7OS/c20-13-3-6-15(16(21)7-13)19(30,8-28-11-24-10-25-28)9-31-18-27-26-17(29(18)23)12-1-4-14(22)5-2-12/h1-7,10-11,30H,8-9,23H2. The minimum absolute atomic E-state index is 0.0882. The van der Waals surface area contributed by atoms with E-state index in [0.717, 1.165) is 0 Å². The van der Waals surface area contributed by atoms with Gasteiger partial charge in [-0.15, -0.1) is 10.2 Å². The molecule has 1 atom stereocenters. The quantitative estimate of drug-likeness (QED) is 0.309. The zero-order chi connectivity index (χ0) is 22.0. The normalized spacial score (nSPS) is 13.3. The number of aromatic nitrogens is 6. The second-order valence-corrected chi connectivity index (χ2v) is 8.51. The van der Waals surface area contributed by atoms with Crippen molar-refractivity contribution in [3.63, 3.8) is 0 Å². The molecule has 2 heterocycles. The molecule has 4 aromatic rings. The highest BCUT2D eigenvalue weighted by molar-refractivity contribution is 7.99. The van der Waals surface area contributed by atoms with E-state index < -0.39 is 5.60 Å². The lowest BCUT2D eigenvalue weighted by atomic mass is 9.95. The first-order valence-electron chi connectivity index (χ1n) is 8.95. The van der Waals surface area contributed by atoms with Crippen molar-refractivity contribution < 1.29 is 9.50 Å². The Morgan fingerprint density at radius 2 is 1.90 bits per heavy atom. The Morgan fingerprint density at radius 3 is 2.58 bits per heavy atom. The Bertz CT molecular complexity index is 1190. The molecule has 12 heteroatoms. The Labute approximate surface area is 190 Å². The van der Waals surface area contributed by atoms with Crippen LogP contribution in [0.1, 0.15) is 5.56 Å². The topological polar surface area (TPSA) is 108 Å². The summed E-state index contributed by atoms with van der Waals surface area (Å²) in [6, 6.07) is 10.6. The van der Waals surface area contributed by atoms with E-state index in [4.69, 9.17) is 29.0 Å². The van der Waals surface area contributed by atoms with Crippen LogP contribution in [-0.4, -0.2) is 40.5 Å². The lowest BCUT2D eigenvalue weighted by molar-refractivity contribution is 0.0397. The summed E-state index contributed by atoms with van der Waals surface area (Å²) in [5.41, 5.74) is -0.354. The van der Waals surface area contributed by atoms with Gasteiger partial charge in [-0.1, -0.05) is 41.0 Å². The fourth-order valence-electron chi connectivity index (χ4n) is 3.01. The van der Waals surface area contributed by atoms with Gasteiger partial charge in [0.05, 0.1) is 6.54 Å². The van der Waals surface area contributed by atoms with Crippen molar-refractivity contribution in [1.29, 1.82) is 0 Å². The third-order valence-electron chi connectivity index (χ3n) is 4.53. The average Bonchev–Trinajstić information content (AvgIpc) is 3.36. The van der Waals surface area contributed by atoms with E-state index in [2.05, 4.69) is 20.3 Å². The molecule has 2 aromatic heterocycles. The molecular formula is C19H16Cl2FN7OS. The van der Waals surface area contributed by atoms with E-state index in [1.807, 2.05) is 0 Å². The molecule has 8 nitrogen and oxygen atoms in total. The zero-order valence-electron chi connectivity index (χ0n) is 15.9. The zero-order valence-corrected chi connectivity index (χ0v) is 18.2. The summed E-state index contributed by atoms with van der Waals surface area (Å²) >= 11 is 13.6. The minimum Gasteiger partial charge on any atom is -0.382 e. The van der Waals surface area contributed by atoms with Crippen molar-refractivity contribution >= 4 is 35.0 Å². The predicted molar refractivity (Wildman–Crippen MR) is 117 cm³/mol. The Kier molecular flexibility index (Phi) is 6.15. The lowest BCUT2D eigenvalue weighted by Gasteiger charge is -2.29. The summed E-state index contributed by atoms with van der Waals surface area (Å²) in [6.07, 6.45) is 2.88. The number of aliphatic hydroxyl groups is 1. The predicted octanol–water partition coefficient (Wildman–Crippen LogP) is 3.38. The SMILES string of the molecule is Nn1c(SCC(O)(Cn2cncn2)c2ccc(Cl)cc2Cl)nnc1-c1ccc(F)cc1. The fourth-order valence-corrected chi connectivity index (χ4v) is 4.54. The number of halogens is 3. The Hall–Kier alpha value is -2.66. The monoisotopic (exact) mass is 479 g/mol. The summed E-state index contributed by atoms with van der Waals surface area (Å²) in [6.45, 7) is 0.0882. The number of hydrogen-bond acceptors (Lipinski definition) is 7. The van der Waals surface area contributed by atoms with E-state index in [1.165, 1.54) is 45.9 Å². The number of benzene rings is 2. The molecule has 0 aliphatic carbocycles. The highest BCUT2D eigenvalue weighted by Gasteiger charge is 2.34. The van der Waals surface area contributed by atoms with Gasteiger partial charge in [-0.25, -0.2) is 18.7 Å². The first-order valence-corrected chi connectivity index (χ1v) is 10.7. The lowest BCUT2D eigenvalue weighted by Crippen LogP contribution is -2.35. The molecule has 0 saturated carbocycles. The van der Waals surface area contributed by atoms with Crippen molar-refractivity contribution in [2.75, 3.05) is 11.6 Å². The fraction of sp³-hybridized carbons (Fsp3) is 0.158. The molecule has 0 fully saturated rings. The first-order chi connectivity index (χ1) is 14.9. The summed E-state index contributed by atoms with van der Waals surface area (Å²) in [5, 5.41) is 25.0. The van der Waals surface area contributed by atoms with Crippen LogP contribution in [0, 0.1) is 5.82 Å². The van der Waals surface area contributed by atoms with Crippen LogP contribution in [0.5, 0.6) is 0 Å². The molecule has 0 bridgehead atoms. The van der Waals surface area contributed by atoms with Crippen LogP contribution in [0.15, 0.2) is 60.3 Å². The first kappa shape index (κ1) is 21.6. The van der Waals surface area contributed by atoms with Gasteiger partial charge in [0.2, 0.25) is 5.16 Å². The summed E-state index contributed by atoms with van der Waals surface area (Å²) in [4.78, 5) is 3.92. The highest BCUT2D eigenvalue weighted by atomic mass is 35.5. The van der Waals surface area contributed by atoms with Gasteiger partial charge in [0.1, 0.15) is 24.1 Å². The smallest absolute Gasteiger partial charge is 0.210 e. The molecule has 0 aliphatic rings. The van der Waals surface area contributed by atoms with Crippen molar-refractivity contribution in [3.05, 3.63) is 76.5 Å². The van der Waals surface area contributed by atoms with Gasteiger partial charge in [0, 0.05) is 26.9 Å². The van der Waals surface area contributed by atoms with E-state index >= 15 is 0 Å². The van der Waals surface area contributed by atoms with Crippen LogP contribution in [0.4, 0.5) is 4.39 Å². The van der Waals surface area contributed by atoms with Crippen molar-refractivity contribution in [2.24, 2.45) is 0 Å². The van der Waals surface area contributed by atoms with Gasteiger partial charge in [0.25, 0.3) is 0 Å². The van der Waals surface area contributed by atoms with Gasteiger partial charge in [-0.05, 0) is 36.4 Å². The van der Waals surface area contributed by atoms with E-state index in [1.54, 1.807) is 30.3 Å². The highest BCUT2D eigenvalue weighted by Crippen LogP contribution is 2.36. The molecule has 1 unspecified atom stereocenters. The molecule has 31 heavy (non-hydrogen) atoms. The molecule has 0 spiro atoms. The van der Waals surface area contributed by atoms with Gasteiger partial charge in [-0.3, -0.25) is 0 Å². The second kappa shape index (κ2) is 8.83. The molecule has 0 saturated heterocycles. The van der Waals surface area contributed by atoms with Crippen LogP contribution in [0.25, 0.3) is 11.4 Å². The number of nitrogens with two attached hydrogens (primary N) is 1. The summed E-state index contributed by atoms with van der Waals surface area (Å²) in [7, 11) is 0. The molecule has 0 amide bonds. The number of rotatable bonds is 7. The molecule has 0 aliphatic heterocycles. The molecule has 160 valence electrons. The second-order valence-electron chi connectivity index (χ2n) is 6.72. The number of nitrogens with zero attached hydrogens (tertiary/aromatic N) is 6. The van der Waals surface area contributed by atoms with Crippen LogP contribution < -0.4 is 5.84 Å². The molecular weight excluding hydrogens is 464 g/mol. The van der Waals surface area contributed by atoms with Crippen molar-refractivity contribution in [2.45, 2.75) is 17.3 Å². The van der Waals surface area contributed by atoms with Crippen LogP contribution >= 0.6 is 35.0 Å². The molecule has 2 aromatic carbocycles. The Morgan fingerprint density at radius 1 is 1.13 bits per heavy atom. The number of nitrogen functional groups attached to an aromatic ring is 1. The maximum absolute atomic E-state index is 13.2. The third-order valence-corrected chi connectivity index (χ3v) is 6.24. The molecule has 4 rings (SSSR count). The molecule has 3 N–H and O–H groups in total. The van der Waals surface area contributed by atoms with E-state index in [-0.39, 0.29) is 18.1 Å². The minimum atomic E-state index is -1.44. The summed E-state index contributed by atoms with van der Waals surface area (Å²) < 4.78 is 16.0. The van der Waals surface area contributed by atoms with Crippen LogP contribution in [0.2, 0.25) is 10.0 Å². The van der Waals surface area contributed by atoms with E-state index in [0.29, 0.717) is 32.2 Å². The van der Waals surface area contributed by atoms with Crippen molar-refractivity contribution in [3.8, 4) is 11.4 Å². The molecule has 0 radical (unpaired) electrons. The van der Waals surface area contributed by atoms with Crippen LogP contribution in [0.3, 0.4) is 0 Å². The maximum atomic E-state index is 13.2. The Balaban J connectivity index is 1.61. The maximum Gasteiger partial charge on any atom is 0.210 e. The van der Waals surface area contributed by atoms with Gasteiger partial charge in [-0.2, -0.15) is 5.10 Å². The van der Waals surface area contributed by atoms with Gasteiger partial charge < -0.3 is 10.9 Å². The average molecular weight is 480 g/mol. The van der Waals surface area contributed by atoms with Crippen LogP contribution in [-0.2, 0) is 12.1 Å².